The number of benzene rings is 3. The van der Waals surface area contributed by atoms with E-state index >= 15 is 0 Å². The van der Waals surface area contributed by atoms with Gasteiger partial charge in [-0.25, -0.2) is 0 Å². The second-order valence-electron chi connectivity index (χ2n) is 7.08. The van der Waals surface area contributed by atoms with Gasteiger partial charge in [0.2, 0.25) is 5.82 Å². The molecule has 3 aromatic carbocycles. The Morgan fingerprint density at radius 1 is 1.03 bits per heavy atom. The predicted molar refractivity (Wildman–Crippen MR) is 112 cm³/mol. The van der Waals surface area contributed by atoms with Crippen LogP contribution in [-0.2, 0) is 22.6 Å². The van der Waals surface area contributed by atoms with Crippen molar-refractivity contribution in [1.29, 1.82) is 0 Å². The fourth-order valence-corrected chi connectivity index (χ4v) is 3.60. The first-order chi connectivity index (χ1) is 14.7. The van der Waals surface area contributed by atoms with Crippen LogP contribution in [-0.4, -0.2) is 16.1 Å². The van der Waals surface area contributed by atoms with Crippen LogP contribution >= 0.6 is 0 Å². The van der Waals surface area contributed by atoms with Crippen LogP contribution in [0.15, 0.2) is 75.9 Å². The molecule has 0 radical (unpaired) electrons. The fraction of sp³-hybridized carbons (Fsp3) is 0.125. The normalized spacial score (nSPS) is 11.2. The van der Waals surface area contributed by atoms with Crippen molar-refractivity contribution < 1.29 is 18.5 Å². The molecule has 0 N–H and O–H groups in total. The second kappa shape index (κ2) is 7.48. The van der Waals surface area contributed by atoms with Gasteiger partial charge in [-0.3, -0.25) is 4.79 Å². The van der Waals surface area contributed by atoms with E-state index in [1.165, 1.54) is 0 Å². The van der Waals surface area contributed by atoms with Gasteiger partial charge < -0.3 is 13.7 Å². The third-order valence-electron chi connectivity index (χ3n) is 5.09. The number of furan rings is 1. The molecule has 0 atom stereocenters. The second-order valence-corrected chi connectivity index (χ2v) is 7.08. The lowest BCUT2D eigenvalue weighted by Crippen LogP contribution is -2.08. The van der Waals surface area contributed by atoms with E-state index in [-0.39, 0.29) is 24.9 Å². The molecule has 0 fully saturated rings. The van der Waals surface area contributed by atoms with Crippen molar-refractivity contribution in [3.8, 4) is 11.4 Å². The zero-order chi connectivity index (χ0) is 20.5. The van der Waals surface area contributed by atoms with Crippen LogP contribution in [0.3, 0.4) is 0 Å². The molecular formula is C24H18N2O4. The minimum absolute atomic E-state index is 0.0752. The zero-order valence-electron chi connectivity index (χ0n) is 16.3. The van der Waals surface area contributed by atoms with Gasteiger partial charge in [-0.2, -0.15) is 4.98 Å². The summed E-state index contributed by atoms with van der Waals surface area (Å²) < 4.78 is 16.2. The first-order valence-corrected chi connectivity index (χ1v) is 9.61. The largest absolute Gasteiger partial charge is 0.464 e. The van der Waals surface area contributed by atoms with Gasteiger partial charge in [-0.15, -0.1) is 0 Å². The van der Waals surface area contributed by atoms with E-state index < -0.39 is 0 Å². The highest BCUT2D eigenvalue weighted by Crippen LogP contribution is 2.30. The number of hydrogen-bond donors (Lipinski definition) is 0. The van der Waals surface area contributed by atoms with Crippen LogP contribution in [0.25, 0.3) is 33.1 Å². The van der Waals surface area contributed by atoms with Crippen molar-refractivity contribution >= 4 is 27.7 Å². The smallest absolute Gasteiger partial charge is 0.310 e. The summed E-state index contributed by atoms with van der Waals surface area (Å²) in [4.78, 5) is 16.8. The van der Waals surface area contributed by atoms with Crippen molar-refractivity contribution in [3.05, 3.63) is 83.9 Å². The van der Waals surface area contributed by atoms with E-state index in [4.69, 9.17) is 13.7 Å². The molecule has 0 unspecified atom stereocenters. The average Bonchev–Trinajstić information content (AvgIpc) is 3.40. The monoisotopic (exact) mass is 398 g/mol. The van der Waals surface area contributed by atoms with Gasteiger partial charge in [-0.1, -0.05) is 59.8 Å². The first kappa shape index (κ1) is 18.1. The van der Waals surface area contributed by atoms with E-state index in [9.17, 15) is 4.79 Å². The van der Waals surface area contributed by atoms with Crippen molar-refractivity contribution in [2.45, 2.75) is 20.0 Å². The molecule has 2 aromatic heterocycles. The Bertz CT molecular complexity index is 1370. The standard InChI is InChI=1S/C24H18N2O4/c1-15-6-2-4-8-18(15)24-25-21(30-26-24)14-29-22(27)12-17-13-28-20-11-10-16-7-3-5-9-19(16)23(17)20/h2-11,13H,12,14H2,1H3. The number of esters is 1. The fourth-order valence-electron chi connectivity index (χ4n) is 3.60. The summed E-state index contributed by atoms with van der Waals surface area (Å²) in [6.45, 7) is 1.90. The van der Waals surface area contributed by atoms with Gasteiger partial charge in [0.25, 0.3) is 5.89 Å². The highest BCUT2D eigenvalue weighted by Gasteiger charge is 2.16. The highest BCUT2D eigenvalue weighted by atomic mass is 16.6. The molecule has 6 nitrogen and oxygen atoms in total. The molecule has 0 aliphatic carbocycles. The summed E-state index contributed by atoms with van der Waals surface area (Å²) in [5.41, 5.74) is 3.46. The number of fused-ring (bicyclic) bond motifs is 3. The number of hydrogen-bond acceptors (Lipinski definition) is 6. The molecule has 0 aliphatic heterocycles. The van der Waals surface area contributed by atoms with Gasteiger partial charge in [0, 0.05) is 16.5 Å². The van der Waals surface area contributed by atoms with Gasteiger partial charge in [0.1, 0.15) is 5.58 Å². The Hall–Kier alpha value is -3.93. The number of aryl methyl sites for hydroxylation is 1. The summed E-state index contributed by atoms with van der Waals surface area (Å²) in [5, 5.41) is 7.06. The number of carbonyl (C=O) groups excluding carboxylic acids is 1. The Morgan fingerprint density at radius 2 is 1.87 bits per heavy atom. The van der Waals surface area contributed by atoms with Crippen molar-refractivity contribution in [3.63, 3.8) is 0 Å². The van der Waals surface area contributed by atoms with E-state index in [0.717, 1.165) is 38.4 Å². The zero-order valence-corrected chi connectivity index (χ0v) is 16.3. The lowest BCUT2D eigenvalue weighted by atomic mass is 10.0. The average molecular weight is 398 g/mol. The number of aromatic nitrogens is 2. The molecule has 2 heterocycles. The van der Waals surface area contributed by atoms with Crippen LogP contribution < -0.4 is 0 Å². The molecule has 5 aromatic rings. The first-order valence-electron chi connectivity index (χ1n) is 9.61. The molecular weight excluding hydrogens is 380 g/mol. The maximum Gasteiger partial charge on any atom is 0.310 e. The molecule has 148 valence electrons. The molecule has 0 saturated heterocycles. The minimum atomic E-state index is -0.388. The Balaban J connectivity index is 1.31. The molecule has 0 aliphatic rings. The summed E-state index contributed by atoms with van der Waals surface area (Å²) in [6.07, 6.45) is 1.71. The Labute approximate surface area is 172 Å². The van der Waals surface area contributed by atoms with Gasteiger partial charge in [0.15, 0.2) is 6.61 Å². The third kappa shape index (κ3) is 3.33. The minimum Gasteiger partial charge on any atom is -0.464 e. The summed E-state index contributed by atoms with van der Waals surface area (Å²) in [7, 11) is 0. The number of nitrogens with zero attached hydrogens (tertiary/aromatic N) is 2. The van der Waals surface area contributed by atoms with E-state index in [1.54, 1.807) is 6.26 Å². The lowest BCUT2D eigenvalue weighted by Gasteiger charge is -2.03. The maximum absolute atomic E-state index is 12.4. The number of carbonyl (C=O) groups is 1. The van der Waals surface area contributed by atoms with Crippen LogP contribution in [0.2, 0.25) is 0 Å². The predicted octanol–water partition coefficient (Wildman–Crippen LogP) is 5.23. The van der Waals surface area contributed by atoms with E-state index in [1.807, 2.05) is 67.6 Å². The Kier molecular flexibility index (Phi) is 4.52. The van der Waals surface area contributed by atoms with E-state index in [2.05, 4.69) is 10.1 Å². The molecule has 0 saturated carbocycles. The molecule has 30 heavy (non-hydrogen) atoms. The molecule has 0 amide bonds. The number of ether oxygens (including phenoxy) is 1. The third-order valence-corrected chi connectivity index (χ3v) is 5.09. The van der Waals surface area contributed by atoms with Crippen molar-refractivity contribution in [2.75, 3.05) is 0 Å². The maximum atomic E-state index is 12.4. The van der Waals surface area contributed by atoms with Crippen LogP contribution in [0.1, 0.15) is 17.0 Å². The van der Waals surface area contributed by atoms with Gasteiger partial charge in [0.05, 0.1) is 12.7 Å². The molecule has 5 rings (SSSR count). The highest BCUT2D eigenvalue weighted by molar-refractivity contribution is 6.08. The molecule has 6 heteroatoms. The summed E-state index contributed by atoms with van der Waals surface area (Å²) in [5.74, 6) is 0.344. The summed E-state index contributed by atoms with van der Waals surface area (Å²) >= 11 is 0. The quantitative estimate of drug-likeness (QED) is 0.377. The lowest BCUT2D eigenvalue weighted by molar-refractivity contribution is -0.144. The SMILES string of the molecule is Cc1ccccc1-c1noc(COC(=O)Cc2coc3ccc4ccccc4c23)n1. The topological polar surface area (TPSA) is 78.4 Å². The molecule has 0 spiro atoms. The number of rotatable bonds is 5. The summed E-state index contributed by atoms with van der Waals surface area (Å²) in [6, 6.07) is 19.7. The molecule has 0 bridgehead atoms. The van der Waals surface area contributed by atoms with E-state index in [0.29, 0.717) is 5.82 Å². The van der Waals surface area contributed by atoms with Crippen molar-refractivity contribution in [1.82, 2.24) is 10.1 Å². The van der Waals surface area contributed by atoms with Gasteiger partial charge in [-0.05, 0) is 29.3 Å². The van der Waals surface area contributed by atoms with Crippen LogP contribution in [0, 0.1) is 6.92 Å². The van der Waals surface area contributed by atoms with Crippen LogP contribution in [0.4, 0.5) is 0 Å². The van der Waals surface area contributed by atoms with Crippen LogP contribution in [0.5, 0.6) is 0 Å². The van der Waals surface area contributed by atoms with Gasteiger partial charge >= 0.3 is 5.97 Å². The van der Waals surface area contributed by atoms with Crippen molar-refractivity contribution in [2.24, 2.45) is 0 Å². The Morgan fingerprint density at radius 3 is 2.77 bits per heavy atom.